The van der Waals surface area contributed by atoms with E-state index in [0.29, 0.717) is 0 Å². The topological polar surface area (TPSA) is 113 Å². The van der Waals surface area contributed by atoms with Crippen LogP contribution in [-0.2, 0) is 16.1 Å². The van der Waals surface area contributed by atoms with Crippen molar-refractivity contribution in [3.8, 4) is 0 Å². The summed E-state index contributed by atoms with van der Waals surface area (Å²) in [5.74, 6) is -1.17. The van der Waals surface area contributed by atoms with Crippen molar-refractivity contribution in [2.45, 2.75) is 13.5 Å². The molecule has 1 amide bonds. The van der Waals surface area contributed by atoms with Gasteiger partial charge in [0.15, 0.2) is 5.69 Å². The van der Waals surface area contributed by atoms with Gasteiger partial charge in [-0.05, 0) is 6.92 Å². The van der Waals surface area contributed by atoms with Crippen LogP contribution in [0.25, 0.3) is 0 Å². The van der Waals surface area contributed by atoms with E-state index in [1.54, 1.807) is 6.92 Å². The van der Waals surface area contributed by atoms with Crippen molar-refractivity contribution in [1.82, 2.24) is 9.78 Å². The van der Waals surface area contributed by atoms with Crippen molar-refractivity contribution >= 4 is 17.6 Å². The molecule has 0 fully saturated rings. The van der Waals surface area contributed by atoms with E-state index in [0.717, 1.165) is 0 Å². The van der Waals surface area contributed by atoms with Crippen molar-refractivity contribution in [3.05, 3.63) is 11.9 Å². The average molecular weight is 212 g/mol. The van der Waals surface area contributed by atoms with Crippen LogP contribution in [0.1, 0.15) is 17.4 Å². The molecule has 0 radical (unpaired) electrons. The first-order valence-electron chi connectivity index (χ1n) is 4.33. The second-order valence-corrected chi connectivity index (χ2v) is 2.80. The van der Waals surface area contributed by atoms with E-state index in [4.69, 9.17) is 16.2 Å². The van der Waals surface area contributed by atoms with E-state index in [-0.39, 0.29) is 24.5 Å². The zero-order valence-corrected chi connectivity index (χ0v) is 8.27. The number of anilines is 1. The number of hydrogen-bond donors (Lipinski definition) is 2. The highest BCUT2D eigenvalue weighted by Crippen LogP contribution is 2.07. The summed E-state index contributed by atoms with van der Waals surface area (Å²) in [6, 6.07) is 0. The Kier molecular flexibility index (Phi) is 3.27. The first-order valence-corrected chi connectivity index (χ1v) is 4.33. The monoisotopic (exact) mass is 212 g/mol. The fourth-order valence-corrected chi connectivity index (χ4v) is 1.05. The van der Waals surface area contributed by atoms with E-state index < -0.39 is 11.9 Å². The van der Waals surface area contributed by atoms with Gasteiger partial charge in [0, 0.05) is 6.20 Å². The molecule has 1 rings (SSSR count). The molecular weight excluding hydrogens is 200 g/mol. The maximum absolute atomic E-state index is 11.1. The normalized spacial score (nSPS) is 9.93. The average Bonchev–Trinajstić information content (AvgIpc) is 2.47. The van der Waals surface area contributed by atoms with E-state index >= 15 is 0 Å². The highest BCUT2D eigenvalue weighted by Gasteiger charge is 2.13. The van der Waals surface area contributed by atoms with E-state index in [1.165, 1.54) is 10.9 Å². The Hall–Kier alpha value is -2.05. The lowest BCUT2D eigenvalue weighted by Crippen LogP contribution is -2.16. The number of carbonyl (C=O) groups is 2. The Labute approximate surface area is 86.0 Å². The Balaban J connectivity index is 2.75. The minimum atomic E-state index is -0.727. The molecule has 0 atom stereocenters. The third-order valence-corrected chi connectivity index (χ3v) is 1.62. The summed E-state index contributed by atoms with van der Waals surface area (Å²) in [7, 11) is 0. The number of carbonyl (C=O) groups excluding carboxylic acids is 2. The number of rotatable bonds is 4. The van der Waals surface area contributed by atoms with Gasteiger partial charge in [-0.25, -0.2) is 0 Å². The molecule has 1 aromatic heterocycles. The summed E-state index contributed by atoms with van der Waals surface area (Å²) in [6.07, 6.45) is 1.36. The van der Waals surface area contributed by atoms with Gasteiger partial charge < -0.3 is 16.2 Å². The predicted octanol–water partition coefficient (Wildman–Crippen LogP) is -0.873. The number of nitrogens with two attached hydrogens (primary N) is 2. The zero-order valence-electron chi connectivity index (χ0n) is 8.27. The predicted molar refractivity (Wildman–Crippen MR) is 51.8 cm³/mol. The molecule has 0 aliphatic heterocycles. The molecular formula is C8H12N4O3. The van der Waals surface area contributed by atoms with Gasteiger partial charge in [0.05, 0.1) is 12.3 Å². The maximum atomic E-state index is 11.1. The van der Waals surface area contributed by atoms with Gasteiger partial charge in [0.2, 0.25) is 0 Å². The Morgan fingerprint density at radius 3 is 2.73 bits per heavy atom. The molecule has 0 aromatic carbocycles. The first-order chi connectivity index (χ1) is 7.04. The molecule has 0 aliphatic carbocycles. The highest BCUT2D eigenvalue weighted by atomic mass is 16.5. The summed E-state index contributed by atoms with van der Waals surface area (Å²) in [5.41, 5.74) is 10.6. The number of hydrogen-bond acceptors (Lipinski definition) is 5. The molecule has 7 nitrogen and oxygen atoms in total. The number of amides is 1. The third kappa shape index (κ3) is 2.70. The molecule has 1 heterocycles. The summed E-state index contributed by atoms with van der Waals surface area (Å²) in [5, 5.41) is 3.75. The van der Waals surface area contributed by atoms with Crippen LogP contribution in [0.5, 0.6) is 0 Å². The van der Waals surface area contributed by atoms with Gasteiger partial charge in [-0.2, -0.15) is 5.10 Å². The van der Waals surface area contributed by atoms with Crippen LogP contribution >= 0.6 is 0 Å². The summed E-state index contributed by atoms with van der Waals surface area (Å²) < 4.78 is 5.91. The number of ether oxygens (including phenoxy) is 1. The lowest BCUT2D eigenvalue weighted by molar-refractivity contribution is -0.144. The number of esters is 1. The van der Waals surface area contributed by atoms with Gasteiger partial charge in [-0.15, -0.1) is 0 Å². The molecule has 0 saturated carbocycles. The van der Waals surface area contributed by atoms with Crippen LogP contribution in [0.4, 0.5) is 5.69 Å². The fourth-order valence-electron chi connectivity index (χ4n) is 1.05. The fraction of sp³-hybridized carbons (Fsp3) is 0.375. The van der Waals surface area contributed by atoms with Crippen LogP contribution in [0.2, 0.25) is 0 Å². The van der Waals surface area contributed by atoms with Gasteiger partial charge in [0.1, 0.15) is 6.54 Å². The lowest BCUT2D eigenvalue weighted by Gasteiger charge is -2.00. The summed E-state index contributed by atoms with van der Waals surface area (Å²) in [6.45, 7) is 1.90. The Morgan fingerprint density at radius 2 is 2.27 bits per heavy atom. The Bertz CT molecular complexity index is 385. The first kappa shape index (κ1) is 11.0. The minimum Gasteiger partial charge on any atom is -0.465 e. The van der Waals surface area contributed by atoms with Crippen LogP contribution in [-0.4, -0.2) is 28.3 Å². The van der Waals surface area contributed by atoms with Crippen molar-refractivity contribution in [2.24, 2.45) is 5.73 Å². The van der Waals surface area contributed by atoms with Gasteiger partial charge in [-0.3, -0.25) is 14.3 Å². The van der Waals surface area contributed by atoms with E-state index in [1.807, 2.05) is 0 Å². The number of primary amides is 1. The second kappa shape index (κ2) is 4.45. The van der Waals surface area contributed by atoms with Gasteiger partial charge in [-0.1, -0.05) is 0 Å². The number of nitrogen functional groups attached to an aromatic ring is 1. The van der Waals surface area contributed by atoms with Crippen molar-refractivity contribution < 1.29 is 14.3 Å². The lowest BCUT2D eigenvalue weighted by atomic mass is 10.4. The molecule has 15 heavy (non-hydrogen) atoms. The largest absolute Gasteiger partial charge is 0.465 e. The molecule has 1 aromatic rings. The summed E-state index contributed by atoms with van der Waals surface area (Å²) in [4.78, 5) is 21.9. The maximum Gasteiger partial charge on any atom is 0.327 e. The highest BCUT2D eigenvalue weighted by molar-refractivity contribution is 5.95. The SMILES string of the molecule is CCOC(=O)Cn1cc(N)c(C(N)=O)n1. The standard InChI is InChI=1S/C8H12N4O3/c1-2-15-6(13)4-12-3-5(9)7(11-12)8(10)14/h3H,2,4,9H2,1H3,(H2,10,14). The third-order valence-electron chi connectivity index (χ3n) is 1.62. The molecule has 0 unspecified atom stereocenters. The smallest absolute Gasteiger partial charge is 0.327 e. The molecule has 0 aliphatic rings. The second-order valence-electron chi connectivity index (χ2n) is 2.80. The molecule has 7 heteroatoms. The van der Waals surface area contributed by atoms with Gasteiger partial charge >= 0.3 is 5.97 Å². The molecule has 0 spiro atoms. The van der Waals surface area contributed by atoms with Crippen molar-refractivity contribution in [1.29, 1.82) is 0 Å². The van der Waals surface area contributed by atoms with Crippen molar-refractivity contribution in [3.63, 3.8) is 0 Å². The quantitative estimate of drug-likeness (QED) is 0.629. The molecule has 0 saturated heterocycles. The summed E-state index contributed by atoms with van der Waals surface area (Å²) >= 11 is 0. The van der Waals surface area contributed by atoms with Crippen LogP contribution in [0.3, 0.4) is 0 Å². The van der Waals surface area contributed by atoms with Crippen LogP contribution in [0.15, 0.2) is 6.20 Å². The van der Waals surface area contributed by atoms with Gasteiger partial charge in [0.25, 0.3) is 5.91 Å². The van der Waals surface area contributed by atoms with Crippen molar-refractivity contribution in [2.75, 3.05) is 12.3 Å². The van der Waals surface area contributed by atoms with E-state index in [9.17, 15) is 9.59 Å². The van der Waals surface area contributed by atoms with E-state index in [2.05, 4.69) is 5.10 Å². The number of nitrogens with zero attached hydrogens (tertiary/aromatic N) is 2. The van der Waals surface area contributed by atoms with Crippen LogP contribution < -0.4 is 11.5 Å². The van der Waals surface area contributed by atoms with Crippen LogP contribution in [0, 0.1) is 0 Å². The minimum absolute atomic E-state index is 0.0423. The Morgan fingerprint density at radius 1 is 1.60 bits per heavy atom. The molecule has 4 N–H and O–H groups in total. The molecule has 82 valence electrons. The number of aromatic nitrogens is 2. The molecule has 0 bridgehead atoms. The zero-order chi connectivity index (χ0) is 11.4.